The van der Waals surface area contributed by atoms with E-state index in [1.54, 1.807) is 6.92 Å². The number of nitrogens with one attached hydrogen (secondary N) is 1. The van der Waals surface area contributed by atoms with Gasteiger partial charge in [-0.2, -0.15) is 0 Å². The molecule has 0 spiro atoms. The molecule has 0 aliphatic rings. The third-order valence-electron chi connectivity index (χ3n) is 2.84. The minimum Gasteiger partial charge on any atom is -0.550 e. The summed E-state index contributed by atoms with van der Waals surface area (Å²) in [6, 6.07) is 7.52. The number of hydrogen-bond acceptors (Lipinski definition) is 6. The number of carbonyl (C=O) groups excluding carboxylic acids is 2. The maximum atomic E-state index is 11.4. The molecule has 1 aromatic carbocycles. The van der Waals surface area contributed by atoms with Crippen molar-refractivity contribution in [3.8, 4) is 0 Å². The summed E-state index contributed by atoms with van der Waals surface area (Å²) in [5.74, 6) is -2.49. The number of aromatic amines is 1. The number of nitrogens with zero attached hydrogens (tertiary/aromatic N) is 1. The first kappa shape index (κ1) is 19.0. The van der Waals surface area contributed by atoms with E-state index < -0.39 is 17.9 Å². The first-order valence-electron chi connectivity index (χ1n) is 6.54. The van der Waals surface area contributed by atoms with Crippen molar-refractivity contribution >= 4 is 34.7 Å². The first-order chi connectivity index (χ1) is 10.1. The van der Waals surface area contributed by atoms with E-state index >= 15 is 0 Å². The number of carboxylic acids is 1. The number of fused-ring (bicyclic) bond motifs is 1. The number of ether oxygens (including phenoxy) is 1. The summed E-state index contributed by atoms with van der Waals surface area (Å²) in [5, 5.41) is 11.7. The van der Waals surface area contributed by atoms with E-state index in [1.807, 2.05) is 24.3 Å². The number of carbonyl (C=O) groups is 2. The number of aliphatic carboxylic acids is 1. The van der Waals surface area contributed by atoms with Crippen molar-refractivity contribution in [2.45, 2.75) is 18.5 Å². The van der Waals surface area contributed by atoms with Crippen LogP contribution in [0.5, 0.6) is 0 Å². The molecule has 0 bridgehead atoms. The third-order valence-corrected chi connectivity index (χ3v) is 3.88. The zero-order chi connectivity index (χ0) is 15.2. The monoisotopic (exact) mass is 330 g/mol. The molecule has 1 unspecified atom stereocenters. The molecule has 112 valence electrons. The zero-order valence-corrected chi connectivity index (χ0v) is 15.3. The van der Waals surface area contributed by atoms with Crippen molar-refractivity contribution in [2.75, 3.05) is 12.4 Å². The topological polar surface area (TPSA) is 95.1 Å². The van der Waals surface area contributed by atoms with Gasteiger partial charge in [-0.25, -0.2) is 4.98 Å². The number of imidazole rings is 1. The van der Waals surface area contributed by atoms with E-state index in [2.05, 4.69) is 9.97 Å². The van der Waals surface area contributed by atoms with Gasteiger partial charge in [0.25, 0.3) is 0 Å². The predicted octanol–water partition coefficient (Wildman–Crippen LogP) is -2.02. The van der Waals surface area contributed by atoms with Gasteiger partial charge in [0.15, 0.2) is 5.16 Å². The van der Waals surface area contributed by atoms with Gasteiger partial charge in [-0.15, -0.1) is 0 Å². The molecule has 6 nitrogen and oxygen atoms in total. The largest absolute Gasteiger partial charge is 1.00 e. The quantitative estimate of drug-likeness (QED) is 0.358. The summed E-state index contributed by atoms with van der Waals surface area (Å²) >= 11 is 1.25. The molecule has 0 amide bonds. The van der Waals surface area contributed by atoms with Crippen molar-refractivity contribution in [2.24, 2.45) is 5.92 Å². The Morgan fingerprint density at radius 1 is 1.41 bits per heavy atom. The fourth-order valence-electron chi connectivity index (χ4n) is 1.81. The van der Waals surface area contributed by atoms with Gasteiger partial charge in [0, 0.05) is 17.6 Å². The van der Waals surface area contributed by atoms with Gasteiger partial charge in [0.1, 0.15) is 0 Å². The molecule has 0 aliphatic heterocycles. The second-order valence-corrected chi connectivity index (χ2v) is 5.40. The predicted molar refractivity (Wildman–Crippen MR) is 76.6 cm³/mol. The van der Waals surface area contributed by atoms with Gasteiger partial charge in [-0.3, -0.25) is 4.79 Å². The molecule has 2 rings (SSSR count). The number of carboxylic acid groups (broad SMARTS) is 1. The molecule has 0 saturated carbocycles. The maximum absolute atomic E-state index is 11.4. The molecular weight excluding hydrogens is 315 g/mol. The zero-order valence-electron chi connectivity index (χ0n) is 12.5. The average Bonchev–Trinajstić information content (AvgIpc) is 2.86. The molecule has 1 N–H and O–H groups in total. The number of H-pyrrole nitrogens is 1. The molecule has 1 aromatic heterocycles. The van der Waals surface area contributed by atoms with Gasteiger partial charge in [-0.1, -0.05) is 23.9 Å². The molecule has 1 heterocycles. The number of hydrogen-bond donors (Lipinski definition) is 1. The molecule has 2 aromatic rings. The minimum atomic E-state index is -1.26. The SMILES string of the molecule is CCOC(=O)CC(CSc1nc2ccccc2[nH]1)C(=O)[O-].[Na+]. The van der Waals surface area contributed by atoms with Gasteiger partial charge in [0.05, 0.1) is 24.1 Å². The molecule has 22 heavy (non-hydrogen) atoms. The van der Waals surface area contributed by atoms with E-state index in [4.69, 9.17) is 4.74 Å². The molecular formula is C14H15N2NaO4S. The minimum absolute atomic E-state index is 0. The van der Waals surface area contributed by atoms with Crippen LogP contribution in [0.25, 0.3) is 11.0 Å². The Bertz CT molecular complexity index is 614. The number of aromatic nitrogens is 2. The molecule has 0 radical (unpaired) electrons. The number of benzene rings is 1. The van der Waals surface area contributed by atoms with E-state index in [1.165, 1.54) is 11.8 Å². The molecule has 1 atom stereocenters. The van der Waals surface area contributed by atoms with Crippen molar-refractivity contribution in [3.63, 3.8) is 0 Å². The molecule has 8 heteroatoms. The first-order valence-corrected chi connectivity index (χ1v) is 7.52. The smallest absolute Gasteiger partial charge is 0.550 e. The number of para-hydroxylation sites is 2. The van der Waals surface area contributed by atoms with Crippen molar-refractivity contribution < 1.29 is 49.0 Å². The van der Waals surface area contributed by atoms with Crippen LogP contribution in [0.2, 0.25) is 0 Å². The van der Waals surface area contributed by atoms with Crippen LogP contribution in [0.15, 0.2) is 29.4 Å². The van der Waals surface area contributed by atoms with Crippen LogP contribution in [0, 0.1) is 5.92 Å². The summed E-state index contributed by atoms with van der Waals surface area (Å²) in [5.41, 5.74) is 1.70. The van der Waals surface area contributed by atoms with Crippen LogP contribution in [0.4, 0.5) is 0 Å². The van der Waals surface area contributed by atoms with Crippen LogP contribution in [0.1, 0.15) is 13.3 Å². The molecule has 0 saturated heterocycles. The third kappa shape index (κ3) is 5.31. The fourth-order valence-corrected chi connectivity index (χ4v) is 2.77. The number of esters is 1. The average molecular weight is 330 g/mol. The van der Waals surface area contributed by atoms with Gasteiger partial charge < -0.3 is 19.6 Å². The van der Waals surface area contributed by atoms with Crippen LogP contribution >= 0.6 is 11.8 Å². The normalized spacial score (nSPS) is 11.7. The van der Waals surface area contributed by atoms with Gasteiger partial charge >= 0.3 is 35.5 Å². The van der Waals surface area contributed by atoms with E-state index in [-0.39, 0.29) is 48.3 Å². The standard InChI is InChI=1S/C14H16N2O4S.Na/c1-2-20-12(17)7-9(13(18)19)8-21-14-15-10-5-3-4-6-11(10)16-14;/h3-6,9H,2,7-8H2,1H3,(H,15,16)(H,18,19);/q;+1/p-1. The van der Waals surface area contributed by atoms with E-state index in [0.29, 0.717) is 5.16 Å². The number of rotatable bonds is 7. The second-order valence-electron chi connectivity index (χ2n) is 4.40. The van der Waals surface area contributed by atoms with Crippen LogP contribution in [-0.4, -0.2) is 34.3 Å². The Hall–Kier alpha value is -1.02. The van der Waals surface area contributed by atoms with E-state index in [9.17, 15) is 14.7 Å². The Labute approximate surface area is 154 Å². The Morgan fingerprint density at radius 2 is 2.14 bits per heavy atom. The summed E-state index contributed by atoms with van der Waals surface area (Å²) < 4.78 is 4.76. The second kappa shape index (κ2) is 9.19. The maximum Gasteiger partial charge on any atom is 1.00 e. The van der Waals surface area contributed by atoms with Crippen molar-refractivity contribution in [1.82, 2.24) is 9.97 Å². The van der Waals surface area contributed by atoms with Crippen LogP contribution in [-0.2, 0) is 14.3 Å². The van der Waals surface area contributed by atoms with Gasteiger partial charge in [0.2, 0.25) is 0 Å². The fraction of sp³-hybridized carbons (Fsp3) is 0.357. The van der Waals surface area contributed by atoms with Crippen molar-refractivity contribution in [1.29, 1.82) is 0 Å². The summed E-state index contributed by atoms with van der Waals surface area (Å²) in [4.78, 5) is 29.9. The number of thioether (sulfide) groups is 1. The summed E-state index contributed by atoms with van der Waals surface area (Å²) in [6.07, 6.45) is -0.191. The Kier molecular flexibility index (Phi) is 7.95. The van der Waals surface area contributed by atoms with Crippen molar-refractivity contribution in [3.05, 3.63) is 24.3 Å². The summed E-state index contributed by atoms with van der Waals surface area (Å²) in [7, 11) is 0. The molecule has 0 aliphatic carbocycles. The summed E-state index contributed by atoms with van der Waals surface area (Å²) in [6.45, 7) is 1.91. The van der Waals surface area contributed by atoms with Crippen LogP contribution < -0.4 is 34.7 Å². The Balaban J connectivity index is 0.00000242. The van der Waals surface area contributed by atoms with Crippen LogP contribution in [0.3, 0.4) is 0 Å². The molecule has 0 fully saturated rings. The van der Waals surface area contributed by atoms with Gasteiger partial charge in [-0.05, 0) is 19.1 Å². The van der Waals surface area contributed by atoms with E-state index in [0.717, 1.165) is 11.0 Å². The Morgan fingerprint density at radius 3 is 2.77 bits per heavy atom.